The van der Waals surface area contributed by atoms with Gasteiger partial charge in [0.1, 0.15) is 38.0 Å². The molecular weight excluding hydrogens is 255 g/mol. The highest BCUT2D eigenvalue weighted by atomic mass is 35.5. The summed E-state index contributed by atoms with van der Waals surface area (Å²) in [7, 11) is 0. The summed E-state index contributed by atoms with van der Waals surface area (Å²) >= 11 is 6.06. The largest absolute Gasteiger partial charge is 0.396 e. The van der Waals surface area contributed by atoms with Gasteiger partial charge in [0, 0.05) is 13.0 Å². The summed E-state index contributed by atoms with van der Waals surface area (Å²) in [4.78, 5) is 1.32. The molecule has 0 amide bonds. The Balaban J connectivity index is 2.11. The van der Waals surface area contributed by atoms with Gasteiger partial charge in [-0.15, -0.1) is 0 Å². The van der Waals surface area contributed by atoms with E-state index < -0.39 is 0 Å². The van der Waals surface area contributed by atoms with E-state index in [1.54, 1.807) is 12.1 Å². The smallest absolute Gasteiger partial charge is 0.140 e. The van der Waals surface area contributed by atoms with Gasteiger partial charge >= 0.3 is 0 Å². The molecule has 0 saturated carbocycles. The van der Waals surface area contributed by atoms with Crippen LogP contribution in [0.3, 0.4) is 0 Å². The average Bonchev–Trinajstić information content (AvgIpc) is 2.36. The normalized spacial score (nSPS) is 24.2. The standard InChI is InChI=1S/C13H18ClFN2O/c14-12-2-1-3-13(15)11(12)9-17-6-5-16-8-10(17)4-7-18/h1-3,10,16,18H,4-9H2/p+2/t10-/m0/s1. The fourth-order valence-electron chi connectivity index (χ4n) is 2.62. The maximum Gasteiger partial charge on any atom is 0.140 e. The van der Waals surface area contributed by atoms with Crippen LogP contribution >= 0.6 is 11.6 Å². The van der Waals surface area contributed by atoms with E-state index >= 15 is 0 Å². The van der Waals surface area contributed by atoms with Gasteiger partial charge in [-0.05, 0) is 12.1 Å². The maximum absolute atomic E-state index is 13.8. The number of hydrogen-bond donors (Lipinski definition) is 3. The zero-order chi connectivity index (χ0) is 13.0. The molecule has 3 nitrogen and oxygen atoms in total. The number of piperazine rings is 1. The number of rotatable bonds is 4. The Kier molecular flexibility index (Phi) is 4.95. The molecule has 0 aromatic heterocycles. The Bertz CT molecular complexity index is 380. The van der Waals surface area contributed by atoms with Crippen LogP contribution in [0, 0.1) is 5.82 Å². The van der Waals surface area contributed by atoms with Crippen LogP contribution in [0.1, 0.15) is 12.0 Å². The van der Waals surface area contributed by atoms with Crippen molar-refractivity contribution >= 4 is 11.6 Å². The molecule has 100 valence electrons. The van der Waals surface area contributed by atoms with Gasteiger partial charge in [0.15, 0.2) is 0 Å². The van der Waals surface area contributed by atoms with Crippen LogP contribution in [0.4, 0.5) is 4.39 Å². The van der Waals surface area contributed by atoms with Gasteiger partial charge < -0.3 is 15.3 Å². The third-order valence-electron chi connectivity index (χ3n) is 3.64. The summed E-state index contributed by atoms with van der Waals surface area (Å²) in [5, 5.41) is 11.8. The quantitative estimate of drug-likeness (QED) is 0.661. The van der Waals surface area contributed by atoms with Gasteiger partial charge in [-0.2, -0.15) is 0 Å². The van der Waals surface area contributed by atoms with Crippen LogP contribution in [-0.2, 0) is 6.54 Å². The van der Waals surface area contributed by atoms with Crippen molar-refractivity contribution < 1.29 is 19.7 Å². The first-order chi connectivity index (χ1) is 8.72. The third-order valence-corrected chi connectivity index (χ3v) is 4.00. The highest BCUT2D eigenvalue weighted by Crippen LogP contribution is 2.17. The first-order valence-electron chi connectivity index (χ1n) is 6.42. The average molecular weight is 275 g/mol. The molecule has 2 rings (SSSR count). The van der Waals surface area contributed by atoms with E-state index in [1.165, 1.54) is 11.0 Å². The molecule has 1 heterocycles. The Morgan fingerprint density at radius 2 is 2.33 bits per heavy atom. The lowest BCUT2D eigenvalue weighted by Gasteiger charge is -2.31. The molecule has 5 heteroatoms. The van der Waals surface area contributed by atoms with E-state index in [0.717, 1.165) is 26.1 Å². The second-order valence-electron chi connectivity index (χ2n) is 4.81. The lowest BCUT2D eigenvalue weighted by atomic mass is 10.1. The number of nitrogens with two attached hydrogens (primary N) is 1. The molecular formula is C13H20ClFN2O+2. The number of quaternary nitrogens is 2. The highest BCUT2D eigenvalue weighted by molar-refractivity contribution is 6.31. The number of aliphatic hydroxyl groups is 1. The number of hydrogen-bond acceptors (Lipinski definition) is 1. The van der Waals surface area contributed by atoms with Crippen LogP contribution in [0.15, 0.2) is 18.2 Å². The topological polar surface area (TPSA) is 41.3 Å². The summed E-state index contributed by atoms with van der Waals surface area (Å²) < 4.78 is 13.8. The van der Waals surface area contributed by atoms with E-state index in [-0.39, 0.29) is 12.4 Å². The molecule has 2 atom stereocenters. The van der Waals surface area contributed by atoms with E-state index in [9.17, 15) is 4.39 Å². The molecule has 0 aliphatic carbocycles. The maximum atomic E-state index is 13.8. The zero-order valence-electron chi connectivity index (χ0n) is 10.3. The molecule has 0 radical (unpaired) electrons. The van der Waals surface area contributed by atoms with Crippen LogP contribution in [0.25, 0.3) is 0 Å². The Labute approximate surface area is 112 Å². The summed E-state index contributed by atoms with van der Waals surface area (Å²) in [5.74, 6) is -0.229. The van der Waals surface area contributed by atoms with Crippen molar-refractivity contribution in [3.8, 4) is 0 Å². The second-order valence-corrected chi connectivity index (χ2v) is 5.21. The van der Waals surface area contributed by atoms with Crippen molar-refractivity contribution in [2.75, 3.05) is 26.2 Å². The third kappa shape index (κ3) is 3.20. The fourth-order valence-corrected chi connectivity index (χ4v) is 2.85. The zero-order valence-corrected chi connectivity index (χ0v) is 11.1. The van der Waals surface area contributed by atoms with Crippen molar-refractivity contribution in [1.29, 1.82) is 0 Å². The SMILES string of the molecule is OCC[C@H]1C[NH2+]CC[NH+]1Cc1c(F)cccc1Cl. The van der Waals surface area contributed by atoms with Gasteiger partial charge in [-0.25, -0.2) is 4.39 Å². The summed E-state index contributed by atoms with van der Waals surface area (Å²) in [6, 6.07) is 5.19. The fraction of sp³-hybridized carbons (Fsp3) is 0.538. The molecule has 1 unspecified atom stereocenters. The first kappa shape index (κ1) is 13.7. The van der Waals surface area contributed by atoms with Crippen LogP contribution in [-0.4, -0.2) is 37.4 Å². The number of halogens is 2. The van der Waals surface area contributed by atoms with E-state index in [2.05, 4.69) is 5.32 Å². The summed E-state index contributed by atoms with van der Waals surface area (Å²) in [5.41, 5.74) is 0.596. The molecule has 1 aliphatic rings. The molecule has 0 spiro atoms. The van der Waals surface area contributed by atoms with Crippen molar-refractivity contribution in [2.24, 2.45) is 0 Å². The van der Waals surface area contributed by atoms with Crippen molar-refractivity contribution in [2.45, 2.75) is 19.0 Å². The minimum atomic E-state index is -0.229. The minimum Gasteiger partial charge on any atom is -0.396 e. The number of benzene rings is 1. The van der Waals surface area contributed by atoms with Crippen LogP contribution in [0.5, 0.6) is 0 Å². The van der Waals surface area contributed by atoms with Gasteiger partial charge in [0.05, 0.1) is 10.6 Å². The van der Waals surface area contributed by atoms with Gasteiger partial charge in [0.2, 0.25) is 0 Å². The van der Waals surface area contributed by atoms with Gasteiger partial charge in [-0.1, -0.05) is 17.7 Å². The first-order valence-corrected chi connectivity index (χ1v) is 6.80. The van der Waals surface area contributed by atoms with Crippen molar-refractivity contribution in [1.82, 2.24) is 0 Å². The number of nitrogens with one attached hydrogen (secondary N) is 1. The highest BCUT2D eigenvalue weighted by Gasteiger charge is 2.29. The van der Waals surface area contributed by atoms with Crippen LogP contribution in [0.2, 0.25) is 5.02 Å². The lowest BCUT2D eigenvalue weighted by molar-refractivity contribution is -0.982. The molecule has 1 aliphatic heterocycles. The molecule has 18 heavy (non-hydrogen) atoms. The Morgan fingerprint density at radius 1 is 1.50 bits per heavy atom. The molecule has 4 N–H and O–H groups in total. The lowest BCUT2D eigenvalue weighted by Crippen LogP contribution is -3.23. The van der Waals surface area contributed by atoms with E-state index in [4.69, 9.17) is 16.7 Å². The van der Waals surface area contributed by atoms with Crippen LogP contribution < -0.4 is 10.2 Å². The van der Waals surface area contributed by atoms with Crippen molar-refractivity contribution in [3.05, 3.63) is 34.6 Å². The summed E-state index contributed by atoms with van der Waals surface area (Å²) in [6.45, 7) is 3.80. The molecule has 1 fully saturated rings. The Morgan fingerprint density at radius 3 is 3.06 bits per heavy atom. The van der Waals surface area contributed by atoms with E-state index in [1.807, 2.05) is 0 Å². The predicted molar refractivity (Wildman–Crippen MR) is 68.1 cm³/mol. The Hall–Kier alpha value is -0.680. The molecule has 0 bridgehead atoms. The van der Waals surface area contributed by atoms with Gasteiger partial charge in [0.25, 0.3) is 0 Å². The molecule has 1 saturated heterocycles. The monoisotopic (exact) mass is 274 g/mol. The van der Waals surface area contributed by atoms with E-state index in [0.29, 0.717) is 23.2 Å². The molecule has 1 aromatic carbocycles. The summed E-state index contributed by atoms with van der Waals surface area (Å²) in [6.07, 6.45) is 0.762. The number of aliphatic hydroxyl groups excluding tert-OH is 1. The van der Waals surface area contributed by atoms with Gasteiger partial charge in [-0.3, -0.25) is 0 Å². The molecule has 1 aromatic rings. The minimum absolute atomic E-state index is 0.188. The predicted octanol–water partition coefficient (Wildman–Crippen LogP) is -0.808. The second kappa shape index (κ2) is 6.48. The van der Waals surface area contributed by atoms with Crippen molar-refractivity contribution in [3.63, 3.8) is 0 Å².